The SMILES string of the molecule is CCCCCN(CCO)c1ncc([N+](=O)[O-])cc1Cl. The van der Waals surface area contributed by atoms with E-state index in [1.165, 1.54) is 12.3 Å². The molecule has 1 aromatic rings. The molecule has 19 heavy (non-hydrogen) atoms. The van der Waals surface area contributed by atoms with Gasteiger partial charge in [0.05, 0.1) is 16.6 Å². The summed E-state index contributed by atoms with van der Waals surface area (Å²) in [6.45, 7) is 3.22. The van der Waals surface area contributed by atoms with Crippen molar-refractivity contribution >= 4 is 23.1 Å². The van der Waals surface area contributed by atoms with Crippen molar-refractivity contribution in [1.82, 2.24) is 4.98 Å². The standard InChI is InChI=1S/C12H18ClN3O3/c1-2-3-4-5-15(6-7-17)12-11(13)8-10(9-14-12)16(18)19/h8-9,17H,2-7H2,1H3. The van der Waals surface area contributed by atoms with Gasteiger partial charge >= 0.3 is 0 Å². The van der Waals surface area contributed by atoms with Crippen molar-refractivity contribution in [3.63, 3.8) is 0 Å². The second-order valence-corrected chi connectivity index (χ2v) is 4.58. The number of hydrogen-bond acceptors (Lipinski definition) is 5. The van der Waals surface area contributed by atoms with Crippen molar-refractivity contribution < 1.29 is 10.0 Å². The van der Waals surface area contributed by atoms with Crippen molar-refractivity contribution in [3.05, 3.63) is 27.4 Å². The average molecular weight is 288 g/mol. The third-order valence-electron chi connectivity index (χ3n) is 2.72. The number of unbranched alkanes of at least 4 members (excludes halogenated alkanes) is 2. The molecule has 7 heteroatoms. The first kappa shape index (κ1) is 15.7. The normalized spacial score (nSPS) is 10.5. The molecule has 0 aliphatic heterocycles. The first-order chi connectivity index (χ1) is 9.10. The summed E-state index contributed by atoms with van der Waals surface area (Å²) in [5.41, 5.74) is -0.133. The smallest absolute Gasteiger partial charge is 0.289 e. The summed E-state index contributed by atoms with van der Waals surface area (Å²) in [6.07, 6.45) is 4.32. The van der Waals surface area contributed by atoms with E-state index >= 15 is 0 Å². The topological polar surface area (TPSA) is 79.5 Å². The predicted molar refractivity (Wildman–Crippen MR) is 74.7 cm³/mol. The van der Waals surface area contributed by atoms with Gasteiger partial charge in [-0.05, 0) is 6.42 Å². The Balaban J connectivity index is 2.86. The number of nitrogens with zero attached hydrogens (tertiary/aromatic N) is 3. The number of aliphatic hydroxyl groups is 1. The Morgan fingerprint density at radius 3 is 2.74 bits per heavy atom. The summed E-state index contributed by atoms with van der Waals surface area (Å²) >= 11 is 6.03. The lowest BCUT2D eigenvalue weighted by Gasteiger charge is -2.23. The number of nitro groups is 1. The van der Waals surface area contributed by atoms with Gasteiger partial charge in [-0.25, -0.2) is 4.98 Å². The molecule has 106 valence electrons. The molecule has 0 unspecified atom stereocenters. The lowest BCUT2D eigenvalue weighted by Crippen LogP contribution is -2.28. The predicted octanol–water partition coefficient (Wildman–Crippen LogP) is 2.63. The van der Waals surface area contributed by atoms with Gasteiger partial charge in [0, 0.05) is 19.2 Å². The number of rotatable bonds is 8. The third-order valence-corrected chi connectivity index (χ3v) is 3.00. The van der Waals surface area contributed by atoms with E-state index in [0.29, 0.717) is 12.4 Å². The molecule has 0 saturated carbocycles. The Morgan fingerprint density at radius 1 is 1.47 bits per heavy atom. The van der Waals surface area contributed by atoms with Crippen molar-refractivity contribution in [3.8, 4) is 0 Å². The molecule has 0 aliphatic carbocycles. The van der Waals surface area contributed by atoms with E-state index in [9.17, 15) is 10.1 Å². The van der Waals surface area contributed by atoms with Crippen LogP contribution in [0, 0.1) is 10.1 Å². The first-order valence-electron chi connectivity index (χ1n) is 6.25. The molecule has 1 rings (SSSR count). The largest absolute Gasteiger partial charge is 0.395 e. The highest BCUT2D eigenvalue weighted by molar-refractivity contribution is 6.33. The number of halogens is 1. The monoisotopic (exact) mass is 287 g/mol. The van der Waals surface area contributed by atoms with Crippen LogP contribution in [-0.4, -0.2) is 34.7 Å². The molecule has 0 fully saturated rings. The lowest BCUT2D eigenvalue weighted by molar-refractivity contribution is -0.385. The Morgan fingerprint density at radius 2 is 2.21 bits per heavy atom. The van der Waals surface area contributed by atoms with Crippen LogP contribution in [0.3, 0.4) is 0 Å². The number of anilines is 1. The Labute approximate surface area is 117 Å². The van der Waals surface area contributed by atoms with Gasteiger partial charge in [-0.3, -0.25) is 10.1 Å². The fraction of sp³-hybridized carbons (Fsp3) is 0.583. The maximum Gasteiger partial charge on any atom is 0.289 e. The van der Waals surface area contributed by atoms with E-state index in [2.05, 4.69) is 11.9 Å². The number of aliphatic hydroxyl groups excluding tert-OH is 1. The van der Waals surface area contributed by atoms with E-state index in [0.717, 1.165) is 25.8 Å². The molecule has 6 nitrogen and oxygen atoms in total. The fourth-order valence-electron chi connectivity index (χ4n) is 1.75. The summed E-state index contributed by atoms with van der Waals surface area (Å²) in [5, 5.41) is 19.9. The quantitative estimate of drug-likeness (QED) is 0.452. The van der Waals surface area contributed by atoms with Crippen LogP contribution in [0.1, 0.15) is 26.2 Å². The molecule has 0 aliphatic rings. The summed E-state index contributed by atoms with van der Waals surface area (Å²) < 4.78 is 0. The molecule has 0 atom stereocenters. The summed E-state index contributed by atoms with van der Waals surface area (Å²) in [7, 11) is 0. The van der Waals surface area contributed by atoms with Crippen LogP contribution in [0.15, 0.2) is 12.3 Å². The number of aromatic nitrogens is 1. The number of hydrogen-bond donors (Lipinski definition) is 1. The molecular formula is C12H18ClN3O3. The second kappa shape index (κ2) is 7.91. The zero-order valence-electron chi connectivity index (χ0n) is 10.9. The Hall–Kier alpha value is -1.40. The van der Waals surface area contributed by atoms with Gasteiger partial charge in [0.15, 0.2) is 0 Å². The molecule has 0 aromatic carbocycles. The van der Waals surface area contributed by atoms with Gasteiger partial charge < -0.3 is 10.0 Å². The van der Waals surface area contributed by atoms with Crippen molar-refractivity contribution in [2.45, 2.75) is 26.2 Å². The molecule has 0 radical (unpaired) electrons. The van der Waals surface area contributed by atoms with Gasteiger partial charge in [0.25, 0.3) is 5.69 Å². The summed E-state index contributed by atoms with van der Waals surface area (Å²) in [4.78, 5) is 16.0. The van der Waals surface area contributed by atoms with Gasteiger partial charge in [0.2, 0.25) is 0 Å². The molecule has 1 aromatic heterocycles. The molecular weight excluding hydrogens is 270 g/mol. The molecule has 1 heterocycles. The minimum atomic E-state index is -0.532. The molecule has 0 amide bonds. The number of pyridine rings is 1. The molecule has 1 N–H and O–H groups in total. The van der Waals surface area contributed by atoms with Gasteiger partial charge in [-0.15, -0.1) is 0 Å². The van der Waals surface area contributed by atoms with Crippen LogP contribution in [0.4, 0.5) is 11.5 Å². The van der Waals surface area contributed by atoms with Crippen LogP contribution in [-0.2, 0) is 0 Å². The van der Waals surface area contributed by atoms with Crippen LogP contribution in [0.25, 0.3) is 0 Å². The highest BCUT2D eigenvalue weighted by Crippen LogP contribution is 2.27. The lowest BCUT2D eigenvalue weighted by atomic mass is 10.2. The highest BCUT2D eigenvalue weighted by atomic mass is 35.5. The van der Waals surface area contributed by atoms with Crippen molar-refractivity contribution in [2.24, 2.45) is 0 Å². The average Bonchev–Trinajstić information content (AvgIpc) is 2.38. The molecule has 0 spiro atoms. The van der Waals surface area contributed by atoms with Crippen LogP contribution >= 0.6 is 11.6 Å². The molecule has 0 saturated heterocycles. The first-order valence-corrected chi connectivity index (χ1v) is 6.63. The fourth-order valence-corrected chi connectivity index (χ4v) is 2.03. The van der Waals surface area contributed by atoms with Crippen molar-refractivity contribution in [1.29, 1.82) is 0 Å². The van der Waals surface area contributed by atoms with Crippen LogP contribution in [0.5, 0.6) is 0 Å². The minimum Gasteiger partial charge on any atom is -0.395 e. The van der Waals surface area contributed by atoms with Gasteiger partial charge in [-0.1, -0.05) is 31.4 Å². The van der Waals surface area contributed by atoms with E-state index < -0.39 is 4.92 Å². The van der Waals surface area contributed by atoms with Gasteiger partial charge in [0.1, 0.15) is 12.0 Å². The Bertz CT molecular complexity index is 429. The molecule has 0 bridgehead atoms. The van der Waals surface area contributed by atoms with E-state index in [1.807, 2.05) is 4.90 Å². The van der Waals surface area contributed by atoms with E-state index in [-0.39, 0.29) is 17.3 Å². The zero-order valence-corrected chi connectivity index (χ0v) is 11.6. The van der Waals surface area contributed by atoms with Gasteiger partial charge in [-0.2, -0.15) is 0 Å². The van der Waals surface area contributed by atoms with E-state index in [4.69, 9.17) is 16.7 Å². The Kier molecular flexibility index (Phi) is 6.52. The maximum absolute atomic E-state index is 10.6. The maximum atomic E-state index is 10.6. The van der Waals surface area contributed by atoms with Crippen molar-refractivity contribution in [2.75, 3.05) is 24.6 Å². The van der Waals surface area contributed by atoms with Crippen LogP contribution in [0.2, 0.25) is 5.02 Å². The minimum absolute atomic E-state index is 0.0128. The summed E-state index contributed by atoms with van der Waals surface area (Å²) in [6, 6.07) is 1.29. The zero-order chi connectivity index (χ0) is 14.3. The summed E-state index contributed by atoms with van der Waals surface area (Å²) in [5.74, 6) is 0.484. The van der Waals surface area contributed by atoms with E-state index in [1.54, 1.807) is 0 Å². The highest BCUT2D eigenvalue weighted by Gasteiger charge is 2.15. The van der Waals surface area contributed by atoms with Crippen LogP contribution < -0.4 is 4.90 Å². The second-order valence-electron chi connectivity index (χ2n) is 4.17. The third kappa shape index (κ3) is 4.65.